The normalized spacial score (nSPS) is 13.5. The lowest BCUT2D eigenvalue weighted by molar-refractivity contribution is 0.415. The van der Waals surface area contributed by atoms with Crippen LogP contribution in [0.5, 0.6) is 5.75 Å². The summed E-state index contributed by atoms with van der Waals surface area (Å²) in [6.07, 6.45) is 4.87. The van der Waals surface area contributed by atoms with Crippen LogP contribution in [0.3, 0.4) is 0 Å². The minimum absolute atomic E-state index is 0.774. The highest BCUT2D eigenvalue weighted by atomic mass is 16.5. The van der Waals surface area contributed by atoms with Crippen LogP contribution in [0.2, 0.25) is 0 Å². The van der Waals surface area contributed by atoms with Gasteiger partial charge in [0.15, 0.2) is 0 Å². The summed E-state index contributed by atoms with van der Waals surface area (Å²) in [5, 5.41) is 7.78. The minimum atomic E-state index is 0.774. The van der Waals surface area contributed by atoms with E-state index in [2.05, 4.69) is 46.8 Å². The van der Waals surface area contributed by atoms with Crippen molar-refractivity contribution >= 4 is 0 Å². The highest BCUT2D eigenvalue weighted by Gasteiger charge is 2.18. The number of ether oxygens (including phenoxy) is 1. The molecule has 0 atom stereocenters. The van der Waals surface area contributed by atoms with Gasteiger partial charge in [-0.2, -0.15) is 5.10 Å². The van der Waals surface area contributed by atoms with Crippen molar-refractivity contribution in [1.29, 1.82) is 0 Å². The summed E-state index contributed by atoms with van der Waals surface area (Å²) in [6.45, 7) is 2.71. The van der Waals surface area contributed by atoms with E-state index in [1.54, 1.807) is 7.11 Å². The van der Waals surface area contributed by atoms with E-state index < -0.39 is 0 Å². The molecule has 2 heterocycles. The molecular formula is C20H21N3O. The highest BCUT2D eigenvalue weighted by molar-refractivity contribution is 5.76. The fourth-order valence-electron chi connectivity index (χ4n) is 3.43. The number of hydrogen-bond donors (Lipinski definition) is 1. The van der Waals surface area contributed by atoms with Crippen molar-refractivity contribution in [1.82, 2.24) is 15.1 Å². The molecule has 4 rings (SSSR count). The first kappa shape index (κ1) is 15.0. The summed E-state index contributed by atoms with van der Waals surface area (Å²) >= 11 is 0. The third-order valence-corrected chi connectivity index (χ3v) is 4.58. The van der Waals surface area contributed by atoms with E-state index in [9.17, 15) is 0 Å². The molecule has 0 fully saturated rings. The molecule has 4 nitrogen and oxygen atoms in total. The summed E-state index contributed by atoms with van der Waals surface area (Å²) in [4.78, 5) is 0. The molecule has 3 aromatic rings. The van der Waals surface area contributed by atoms with Gasteiger partial charge in [0, 0.05) is 24.5 Å². The Morgan fingerprint density at radius 3 is 3.00 bits per heavy atom. The Labute approximate surface area is 142 Å². The monoisotopic (exact) mass is 319 g/mol. The molecule has 1 aromatic heterocycles. The molecular weight excluding hydrogens is 298 g/mol. The van der Waals surface area contributed by atoms with E-state index in [1.807, 2.05) is 23.1 Å². The first-order valence-corrected chi connectivity index (χ1v) is 8.31. The molecule has 0 radical (unpaired) electrons. The van der Waals surface area contributed by atoms with Gasteiger partial charge in [-0.3, -0.25) is 4.68 Å². The van der Waals surface area contributed by atoms with Gasteiger partial charge in [-0.1, -0.05) is 24.3 Å². The van der Waals surface area contributed by atoms with Crippen molar-refractivity contribution in [3.8, 4) is 16.9 Å². The van der Waals surface area contributed by atoms with Gasteiger partial charge in [-0.05, 0) is 53.4 Å². The molecule has 1 aliphatic rings. The van der Waals surface area contributed by atoms with Crippen molar-refractivity contribution in [2.75, 3.05) is 13.7 Å². The summed E-state index contributed by atoms with van der Waals surface area (Å²) < 4.78 is 7.61. The molecule has 24 heavy (non-hydrogen) atoms. The molecule has 0 amide bonds. The smallest absolute Gasteiger partial charge is 0.127 e. The number of methoxy groups -OCH3 is 1. The second-order valence-electron chi connectivity index (χ2n) is 6.11. The van der Waals surface area contributed by atoms with Crippen LogP contribution in [-0.2, 0) is 19.5 Å². The lowest BCUT2D eigenvalue weighted by Crippen LogP contribution is -2.24. The highest BCUT2D eigenvalue weighted by Crippen LogP contribution is 2.37. The predicted octanol–water partition coefficient (Wildman–Crippen LogP) is 3.25. The SMILES string of the molecule is COc1ccc2c(c1-c1cccc(Cn3cccn3)c1)CNCC2. The van der Waals surface area contributed by atoms with Crippen LogP contribution in [0.15, 0.2) is 54.9 Å². The number of aromatic nitrogens is 2. The molecule has 1 aliphatic heterocycles. The molecule has 0 saturated heterocycles. The third-order valence-electron chi connectivity index (χ3n) is 4.58. The lowest BCUT2D eigenvalue weighted by atomic mass is 9.90. The summed E-state index contributed by atoms with van der Waals surface area (Å²) in [6, 6.07) is 14.9. The van der Waals surface area contributed by atoms with Crippen LogP contribution < -0.4 is 10.1 Å². The second-order valence-corrected chi connectivity index (χ2v) is 6.11. The van der Waals surface area contributed by atoms with Gasteiger partial charge < -0.3 is 10.1 Å². The van der Waals surface area contributed by atoms with E-state index in [0.29, 0.717) is 0 Å². The molecule has 2 aromatic carbocycles. The van der Waals surface area contributed by atoms with Crippen LogP contribution in [0.25, 0.3) is 11.1 Å². The zero-order chi connectivity index (χ0) is 16.4. The zero-order valence-corrected chi connectivity index (χ0v) is 13.8. The van der Waals surface area contributed by atoms with Crippen molar-refractivity contribution in [3.05, 3.63) is 71.5 Å². The number of nitrogens with zero attached hydrogens (tertiary/aromatic N) is 2. The van der Waals surface area contributed by atoms with Crippen molar-refractivity contribution in [2.24, 2.45) is 0 Å². The minimum Gasteiger partial charge on any atom is -0.496 e. The summed E-state index contributed by atoms with van der Waals surface area (Å²) in [7, 11) is 1.75. The lowest BCUT2D eigenvalue weighted by Gasteiger charge is -2.23. The second kappa shape index (κ2) is 6.49. The van der Waals surface area contributed by atoms with Crippen molar-refractivity contribution in [3.63, 3.8) is 0 Å². The zero-order valence-electron chi connectivity index (χ0n) is 13.8. The summed E-state index contributed by atoms with van der Waals surface area (Å²) in [5.41, 5.74) is 6.43. The van der Waals surface area contributed by atoms with Gasteiger partial charge in [0.2, 0.25) is 0 Å². The quantitative estimate of drug-likeness (QED) is 0.802. The molecule has 1 N–H and O–H groups in total. The molecule has 0 spiro atoms. The van der Waals surface area contributed by atoms with E-state index in [1.165, 1.54) is 27.8 Å². The predicted molar refractivity (Wildman–Crippen MR) is 95.2 cm³/mol. The van der Waals surface area contributed by atoms with Crippen molar-refractivity contribution < 1.29 is 4.74 Å². The molecule has 0 unspecified atom stereocenters. The van der Waals surface area contributed by atoms with Crippen LogP contribution in [0, 0.1) is 0 Å². The first-order valence-electron chi connectivity index (χ1n) is 8.31. The Bertz CT molecular complexity index is 840. The third kappa shape index (κ3) is 2.81. The maximum absolute atomic E-state index is 5.67. The number of fused-ring (bicyclic) bond motifs is 1. The van der Waals surface area contributed by atoms with Gasteiger partial charge in [0.1, 0.15) is 5.75 Å². The average Bonchev–Trinajstić information content (AvgIpc) is 3.14. The van der Waals surface area contributed by atoms with Gasteiger partial charge in [-0.15, -0.1) is 0 Å². The number of benzene rings is 2. The average molecular weight is 319 g/mol. The van der Waals surface area contributed by atoms with Crippen LogP contribution >= 0.6 is 0 Å². The number of rotatable bonds is 4. The van der Waals surface area contributed by atoms with E-state index in [-0.39, 0.29) is 0 Å². The van der Waals surface area contributed by atoms with E-state index >= 15 is 0 Å². The molecule has 4 heteroatoms. The number of hydrogen-bond acceptors (Lipinski definition) is 3. The van der Waals surface area contributed by atoms with Crippen LogP contribution in [-0.4, -0.2) is 23.4 Å². The first-order chi connectivity index (χ1) is 11.8. The van der Waals surface area contributed by atoms with E-state index in [4.69, 9.17) is 4.74 Å². The van der Waals surface area contributed by atoms with Gasteiger partial charge in [0.05, 0.1) is 13.7 Å². The maximum Gasteiger partial charge on any atom is 0.127 e. The summed E-state index contributed by atoms with van der Waals surface area (Å²) in [5.74, 6) is 0.939. The standard InChI is InChI=1S/C20H21N3O/c1-24-19-7-6-16-8-10-21-13-18(16)20(19)17-5-2-4-15(12-17)14-23-11-3-9-22-23/h2-7,9,11-12,21H,8,10,13-14H2,1H3. The molecule has 122 valence electrons. The topological polar surface area (TPSA) is 39.1 Å². The van der Waals surface area contributed by atoms with Gasteiger partial charge >= 0.3 is 0 Å². The Morgan fingerprint density at radius 2 is 2.17 bits per heavy atom. The number of nitrogens with one attached hydrogen (secondary N) is 1. The van der Waals surface area contributed by atoms with Crippen molar-refractivity contribution in [2.45, 2.75) is 19.5 Å². The maximum atomic E-state index is 5.67. The van der Waals surface area contributed by atoms with Gasteiger partial charge in [-0.25, -0.2) is 0 Å². The van der Waals surface area contributed by atoms with Crippen LogP contribution in [0.4, 0.5) is 0 Å². The fraction of sp³-hybridized carbons (Fsp3) is 0.250. The van der Waals surface area contributed by atoms with Gasteiger partial charge in [0.25, 0.3) is 0 Å². The largest absolute Gasteiger partial charge is 0.496 e. The Morgan fingerprint density at radius 1 is 1.21 bits per heavy atom. The Hall–Kier alpha value is -2.59. The molecule has 0 bridgehead atoms. The molecule has 0 saturated carbocycles. The Kier molecular flexibility index (Phi) is 4.05. The fourth-order valence-corrected chi connectivity index (χ4v) is 3.43. The molecule has 0 aliphatic carbocycles. The van der Waals surface area contributed by atoms with Crippen LogP contribution in [0.1, 0.15) is 16.7 Å². The Balaban J connectivity index is 1.78. The van der Waals surface area contributed by atoms with E-state index in [0.717, 1.165) is 31.8 Å².